The first-order valence-corrected chi connectivity index (χ1v) is 12.1. The maximum Gasteiger partial charge on any atom is 0.326 e. The van der Waals surface area contributed by atoms with Gasteiger partial charge in [0.2, 0.25) is 10.0 Å². The van der Waals surface area contributed by atoms with Gasteiger partial charge in [0.15, 0.2) is 5.65 Å². The maximum atomic E-state index is 13.2. The number of H-pyrrole nitrogens is 1. The minimum Gasteiger partial charge on any atom is -0.330 e. The summed E-state index contributed by atoms with van der Waals surface area (Å²) in [5.41, 5.74) is 1.87. The molecule has 0 radical (unpaired) electrons. The van der Waals surface area contributed by atoms with Gasteiger partial charge in [0, 0.05) is 35.3 Å². The highest BCUT2D eigenvalue weighted by Crippen LogP contribution is 2.31. The molecule has 4 heterocycles. The average Bonchev–Trinajstić information content (AvgIpc) is 3.49. The van der Waals surface area contributed by atoms with Gasteiger partial charge in [0.1, 0.15) is 16.2 Å². The van der Waals surface area contributed by atoms with E-state index in [4.69, 9.17) is 0 Å². The largest absolute Gasteiger partial charge is 0.330 e. The summed E-state index contributed by atoms with van der Waals surface area (Å²) in [5.74, 6) is 0.561. The Morgan fingerprint density at radius 1 is 1.23 bits per heavy atom. The lowest BCUT2D eigenvalue weighted by Gasteiger charge is -2.14. The smallest absolute Gasteiger partial charge is 0.326 e. The van der Waals surface area contributed by atoms with Crippen LogP contribution in [0.1, 0.15) is 18.7 Å². The lowest BCUT2D eigenvalue weighted by Crippen LogP contribution is -2.29. The van der Waals surface area contributed by atoms with E-state index in [-0.39, 0.29) is 11.4 Å². The van der Waals surface area contributed by atoms with Crippen LogP contribution in [0.3, 0.4) is 0 Å². The highest BCUT2D eigenvalue weighted by Gasteiger charge is 2.31. The van der Waals surface area contributed by atoms with Crippen LogP contribution >= 0.6 is 15.9 Å². The Morgan fingerprint density at radius 3 is 2.81 bits per heavy atom. The molecular formula is C20H19BrN6O3S. The molecular weight excluding hydrogens is 484 g/mol. The number of carbonyl (C=O) groups excluding carboxylic acids is 1. The van der Waals surface area contributed by atoms with E-state index in [2.05, 4.69) is 36.2 Å². The van der Waals surface area contributed by atoms with E-state index < -0.39 is 16.1 Å². The molecule has 31 heavy (non-hydrogen) atoms. The molecule has 0 unspecified atom stereocenters. The summed E-state index contributed by atoms with van der Waals surface area (Å²) in [5, 5.41) is 3.30. The molecule has 0 saturated carbocycles. The number of nitrogens with one attached hydrogen (secondary N) is 2. The molecule has 1 aromatic carbocycles. The van der Waals surface area contributed by atoms with Gasteiger partial charge in [-0.15, -0.1) is 0 Å². The van der Waals surface area contributed by atoms with Crippen molar-refractivity contribution in [2.75, 3.05) is 13.1 Å². The summed E-state index contributed by atoms with van der Waals surface area (Å²) in [4.78, 5) is 24.8. The van der Waals surface area contributed by atoms with Gasteiger partial charge in [-0.2, -0.15) is 4.31 Å². The Kier molecular flexibility index (Phi) is 5.03. The van der Waals surface area contributed by atoms with Crippen LogP contribution in [0.5, 0.6) is 0 Å². The molecule has 160 valence electrons. The lowest BCUT2D eigenvalue weighted by atomic mass is 10.2. The van der Waals surface area contributed by atoms with Gasteiger partial charge >= 0.3 is 6.03 Å². The molecule has 11 heteroatoms. The summed E-state index contributed by atoms with van der Waals surface area (Å²) in [6.45, 7) is 1.14. The van der Waals surface area contributed by atoms with Crippen LogP contribution in [0, 0.1) is 0 Å². The molecule has 5 rings (SSSR count). The zero-order chi connectivity index (χ0) is 21.6. The van der Waals surface area contributed by atoms with Crippen molar-refractivity contribution < 1.29 is 13.2 Å². The number of aromatic nitrogens is 4. The molecule has 9 nitrogen and oxygen atoms in total. The highest BCUT2D eigenvalue weighted by molar-refractivity contribution is 9.10. The van der Waals surface area contributed by atoms with Crippen LogP contribution in [-0.4, -0.2) is 51.4 Å². The molecule has 2 N–H and O–H groups in total. The summed E-state index contributed by atoms with van der Waals surface area (Å²) in [6.07, 6.45) is 4.75. The van der Waals surface area contributed by atoms with Gasteiger partial charge in [-0.25, -0.2) is 23.2 Å². The normalized spacial score (nSPS) is 15.1. The third kappa shape index (κ3) is 3.62. The minimum absolute atomic E-state index is 0.133. The second-order valence-electron chi connectivity index (χ2n) is 7.35. The number of rotatable bonds is 4. The molecule has 1 fully saturated rings. The second-order valence-corrected chi connectivity index (χ2v) is 10.2. The maximum absolute atomic E-state index is 13.2. The predicted octanol–water partition coefficient (Wildman–Crippen LogP) is 3.22. The summed E-state index contributed by atoms with van der Waals surface area (Å²) >= 11 is 3.40. The average molecular weight is 503 g/mol. The minimum atomic E-state index is -3.69. The van der Waals surface area contributed by atoms with E-state index >= 15 is 0 Å². The van der Waals surface area contributed by atoms with Crippen LogP contribution in [-0.2, 0) is 16.6 Å². The first kappa shape index (κ1) is 20.2. The molecule has 4 aromatic rings. The number of pyridine rings is 1. The Balaban J connectivity index is 1.48. The van der Waals surface area contributed by atoms with Crippen molar-refractivity contribution in [2.45, 2.75) is 24.3 Å². The van der Waals surface area contributed by atoms with Gasteiger partial charge in [-0.3, -0.25) is 4.57 Å². The Hall–Kier alpha value is -2.76. The van der Waals surface area contributed by atoms with Gasteiger partial charge in [0.25, 0.3) is 0 Å². The highest BCUT2D eigenvalue weighted by atomic mass is 79.9. The van der Waals surface area contributed by atoms with Gasteiger partial charge in [-0.05, 0) is 43.2 Å². The summed E-state index contributed by atoms with van der Waals surface area (Å²) in [6, 6.07) is 8.42. The quantitative estimate of drug-likeness (QED) is 0.444. The number of nitrogens with zero attached hydrogens (tertiary/aromatic N) is 4. The summed E-state index contributed by atoms with van der Waals surface area (Å²) < 4.78 is 30.0. The monoisotopic (exact) mass is 502 g/mol. The van der Waals surface area contributed by atoms with Crippen molar-refractivity contribution in [1.29, 1.82) is 0 Å². The van der Waals surface area contributed by atoms with E-state index in [1.807, 2.05) is 6.07 Å². The number of halogens is 1. The number of carbonyl (C=O) groups is 1. The first-order valence-electron chi connectivity index (χ1n) is 9.82. The SMILES string of the molecule is O=C(NCc1nc2cccnc2[nH]1)n1cc(S(=O)(=O)N2CCCC2)c2cc(Br)ccc21. The fourth-order valence-corrected chi connectivity index (χ4v) is 5.89. The van der Waals surface area contributed by atoms with Gasteiger partial charge < -0.3 is 10.3 Å². The zero-order valence-electron chi connectivity index (χ0n) is 16.4. The van der Waals surface area contributed by atoms with Gasteiger partial charge in [-0.1, -0.05) is 15.9 Å². The predicted molar refractivity (Wildman–Crippen MR) is 119 cm³/mol. The van der Waals surface area contributed by atoms with E-state index in [1.54, 1.807) is 30.5 Å². The van der Waals surface area contributed by atoms with E-state index in [0.717, 1.165) is 17.3 Å². The number of benzene rings is 1. The van der Waals surface area contributed by atoms with Crippen molar-refractivity contribution in [2.24, 2.45) is 0 Å². The molecule has 0 aliphatic carbocycles. The molecule has 3 aromatic heterocycles. The topological polar surface area (TPSA) is 113 Å². The van der Waals surface area contributed by atoms with Crippen molar-refractivity contribution in [3.63, 3.8) is 0 Å². The Morgan fingerprint density at radius 2 is 2.03 bits per heavy atom. The van der Waals surface area contributed by atoms with E-state index in [1.165, 1.54) is 15.1 Å². The van der Waals surface area contributed by atoms with E-state index in [0.29, 0.717) is 41.0 Å². The number of fused-ring (bicyclic) bond motifs is 2. The van der Waals surface area contributed by atoms with Crippen LogP contribution in [0.25, 0.3) is 22.1 Å². The Bertz CT molecular complexity index is 1370. The van der Waals surface area contributed by atoms with Crippen molar-refractivity contribution in [1.82, 2.24) is 29.1 Å². The zero-order valence-corrected chi connectivity index (χ0v) is 18.8. The number of amides is 1. The standard InChI is InChI=1S/C20H19BrN6O3S/c21-13-5-6-16-14(10-13)17(31(29,30)26-8-1-2-9-26)12-27(16)20(28)23-11-18-24-15-4-3-7-22-19(15)25-18/h3-7,10,12H,1-2,8-9,11H2,(H,23,28)(H,22,24,25). The fourth-order valence-electron chi connectivity index (χ4n) is 3.83. The third-order valence-corrected chi connectivity index (χ3v) is 7.76. The molecule has 0 spiro atoms. The third-order valence-electron chi connectivity index (χ3n) is 5.34. The number of hydrogen-bond donors (Lipinski definition) is 2. The summed E-state index contributed by atoms with van der Waals surface area (Å²) in [7, 11) is -3.69. The van der Waals surface area contributed by atoms with Crippen molar-refractivity contribution in [3.05, 3.63) is 53.0 Å². The van der Waals surface area contributed by atoms with Crippen LogP contribution in [0.2, 0.25) is 0 Å². The number of aromatic amines is 1. The second kappa shape index (κ2) is 7.74. The van der Waals surface area contributed by atoms with Crippen molar-refractivity contribution >= 4 is 54.1 Å². The molecule has 1 aliphatic heterocycles. The molecule has 0 atom stereocenters. The lowest BCUT2D eigenvalue weighted by molar-refractivity contribution is 0.242. The first-order chi connectivity index (χ1) is 14.9. The Labute approximate surface area is 186 Å². The van der Waals surface area contributed by atoms with Crippen LogP contribution in [0.4, 0.5) is 4.79 Å². The molecule has 1 aliphatic rings. The molecule has 0 bridgehead atoms. The number of sulfonamides is 1. The fraction of sp³-hybridized carbons (Fsp3) is 0.250. The van der Waals surface area contributed by atoms with Crippen LogP contribution < -0.4 is 5.32 Å². The molecule has 1 amide bonds. The number of imidazole rings is 1. The molecule has 1 saturated heterocycles. The van der Waals surface area contributed by atoms with Crippen molar-refractivity contribution in [3.8, 4) is 0 Å². The van der Waals surface area contributed by atoms with E-state index in [9.17, 15) is 13.2 Å². The van der Waals surface area contributed by atoms with Gasteiger partial charge in [0.05, 0.1) is 12.1 Å². The van der Waals surface area contributed by atoms with Crippen LogP contribution in [0.15, 0.2) is 52.1 Å². The number of hydrogen-bond acceptors (Lipinski definition) is 5.